The summed E-state index contributed by atoms with van der Waals surface area (Å²) in [5.41, 5.74) is 0. The van der Waals surface area contributed by atoms with Crippen molar-refractivity contribution in [3.63, 3.8) is 0 Å². The maximum absolute atomic E-state index is 11.5. The van der Waals surface area contributed by atoms with Crippen molar-refractivity contribution in [2.24, 2.45) is 0 Å². The Morgan fingerprint density at radius 2 is 2.19 bits per heavy atom. The fraction of sp³-hybridized carbons (Fsp3) is 0.533. The molecule has 5 nitrogen and oxygen atoms in total. The highest BCUT2D eigenvalue weighted by atomic mass is 32.1. The van der Waals surface area contributed by atoms with Gasteiger partial charge in [-0.1, -0.05) is 0 Å². The van der Waals surface area contributed by atoms with Crippen LogP contribution in [-0.2, 0) is 6.61 Å². The molecule has 0 amide bonds. The van der Waals surface area contributed by atoms with Gasteiger partial charge >= 0.3 is 0 Å². The number of aromatic nitrogens is 3. The first kappa shape index (κ1) is 13.0. The molecule has 110 valence electrons. The van der Waals surface area contributed by atoms with Crippen LogP contribution in [0.1, 0.15) is 65.9 Å². The zero-order valence-corrected chi connectivity index (χ0v) is 12.7. The molecule has 2 aromatic rings. The first-order valence-electron chi connectivity index (χ1n) is 7.39. The topological polar surface area (TPSA) is 57.0 Å². The minimum atomic E-state index is 0.0438. The Kier molecular flexibility index (Phi) is 3.06. The van der Waals surface area contributed by atoms with Crippen LogP contribution in [0.25, 0.3) is 0 Å². The quantitative estimate of drug-likeness (QED) is 0.768. The summed E-state index contributed by atoms with van der Waals surface area (Å²) in [7, 11) is 0. The van der Waals surface area contributed by atoms with E-state index in [2.05, 4.69) is 14.8 Å². The van der Waals surface area contributed by atoms with E-state index in [1.54, 1.807) is 6.92 Å². The molecular formula is C15H17N3O2S. The van der Waals surface area contributed by atoms with Crippen molar-refractivity contribution in [2.45, 2.75) is 51.2 Å². The molecule has 0 spiro atoms. The minimum absolute atomic E-state index is 0.0438. The number of carbonyl (C=O) groups excluding carboxylic acids is 1. The number of carbonyl (C=O) groups is 1. The molecule has 0 atom stereocenters. The van der Waals surface area contributed by atoms with Gasteiger partial charge in [0.1, 0.15) is 23.1 Å². The number of hydrogen-bond donors (Lipinski definition) is 0. The van der Waals surface area contributed by atoms with Crippen molar-refractivity contribution in [1.82, 2.24) is 14.8 Å². The third-order valence-corrected chi connectivity index (χ3v) is 4.95. The third kappa shape index (κ3) is 2.48. The molecule has 4 rings (SSSR count). The normalized spacial score (nSPS) is 18.0. The van der Waals surface area contributed by atoms with Crippen LogP contribution in [0.5, 0.6) is 5.75 Å². The highest BCUT2D eigenvalue weighted by Crippen LogP contribution is 2.44. The van der Waals surface area contributed by atoms with Gasteiger partial charge in [-0.15, -0.1) is 21.5 Å². The standard InChI is InChI=1S/C15H17N3O2S/c1-9(19)14-12(6-7-21-14)20-8-13-16-17-15(10-2-3-10)18(13)11-4-5-11/h6-7,10-11H,2-5,8H2,1H3. The molecule has 2 aromatic heterocycles. The Labute approximate surface area is 127 Å². The van der Waals surface area contributed by atoms with Gasteiger partial charge in [-0.25, -0.2) is 0 Å². The van der Waals surface area contributed by atoms with Gasteiger partial charge in [-0.3, -0.25) is 4.79 Å². The lowest BCUT2D eigenvalue weighted by Gasteiger charge is -2.09. The molecule has 0 aliphatic heterocycles. The monoisotopic (exact) mass is 303 g/mol. The van der Waals surface area contributed by atoms with Gasteiger partial charge in [-0.05, 0) is 37.1 Å². The summed E-state index contributed by atoms with van der Waals surface area (Å²) in [6.07, 6.45) is 4.87. The highest BCUT2D eigenvalue weighted by Gasteiger charge is 2.36. The van der Waals surface area contributed by atoms with Gasteiger partial charge in [0.25, 0.3) is 0 Å². The largest absolute Gasteiger partial charge is 0.484 e. The number of ether oxygens (including phenoxy) is 1. The van der Waals surface area contributed by atoms with Gasteiger partial charge < -0.3 is 9.30 Å². The van der Waals surface area contributed by atoms with Crippen molar-refractivity contribution in [3.05, 3.63) is 28.0 Å². The first-order chi connectivity index (χ1) is 10.2. The van der Waals surface area contributed by atoms with Crippen LogP contribution in [0.3, 0.4) is 0 Å². The number of rotatable bonds is 6. The number of ketones is 1. The molecule has 2 heterocycles. The average molecular weight is 303 g/mol. The zero-order valence-electron chi connectivity index (χ0n) is 11.9. The number of Topliss-reactive ketones (excluding diaryl/α,β-unsaturated/α-hetero) is 1. The third-order valence-electron chi connectivity index (χ3n) is 3.95. The maximum Gasteiger partial charge on any atom is 0.173 e. The minimum Gasteiger partial charge on any atom is -0.484 e. The second-order valence-electron chi connectivity index (χ2n) is 5.81. The van der Waals surface area contributed by atoms with E-state index in [-0.39, 0.29) is 5.78 Å². The van der Waals surface area contributed by atoms with Gasteiger partial charge in [0.05, 0.1) is 0 Å². The molecule has 0 bridgehead atoms. The van der Waals surface area contributed by atoms with E-state index in [0.29, 0.717) is 29.2 Å². The molecule has 21 heavy (non-hydrogen) atoms. The molecule has 0 radical (unpaired) electrons. The van der Waals surface area contributed by atoms with Crippen molar-refractivity contribution >= 4 is 17.1 Å². The Morgan fingerprint density at radius 1 is 1.38 bits per heavy atom. The van der Waals surface area contributed by atoms with E-state index >= 15 is 0 Å². The summed E-state index contributed by atoms with van der Waals surface area (Å²) < 4.78 is 8.10. The Bertz CT molecular complexity index is 683. The lowest BCUT2D eigenvalue weighted by atomic mass is 10.3. The fourth-order valence-electron chi connectivity index (χ4n) is 2.60. The average Bonchev–Trinajstić information content (AvgIpc) is 3.39. The molecule has 0 N–H and O–H groups in total. The van der Waals surface area contributed by atoms with E-state index < -0.39 is 0 Å². The smallest absolute Gasteiger partial charge is 0.173 e. The summed E-state index contributed by atoms with van der Waals surface area (Å²) >= 11 is 1.42. The van der Waals surface area contributed by atoms with Crippen molar-refractivity contribution in [3.8, 4) is 5.75 Å². The highest BCUT2D eigenvalue weighted by molar-refractivity contribution is 7.12. The molecule has 2 aliphatic carbocycles. The Hall–Kier alpha value is -1.69. The molecule has 0 unspecified atom stereocenters. The van der Waals surface area contributed by atoms with Crippen LogP contribution in [0.2, 0.25) is 0 Å². The molecule has 0 saturated heterocycles. The van der Waals surface area contributed by atoms with Gasteiger partial charge in [0, 0.05) is 18.9 Å². The Balaban J connectivity index is 1.54. The predicted octanol–water partition coefficient (Wildman–Crippen LogP) is 3.33. The second-order valence-corrected chi connectivity index (χ2v) is 6.72. The molecule has 0 aromatic carbocycles. The van der Waals surface area contributed by atoms with Crippen molar-refractivity contribution < 1.29 is 9.53 Å². The predicted molar refractivity (Wildman–Crippen MR) is 78.9 cm³/mol. The second kappa shape index (κ2) is 4.94. The summed E-state index contributed by atoms with van der Waals surface area (Å²) in [4.78, 5) is 12.2. The molecule has 6 heteroatoms. The van der Waals surface area contributed by atoms with E-state index in [0.717, 1.165) is 11.6 Å². The lowest BCUT2D eigenvalue weighted by Crippen LogP contribution is -2.09. The van der Waals surface area contributed by atoms with E-state index in [4.69, 9.17) is 4.74 Å². The first-order valence-corrected chi connectivity index (χ1v) is 8.27. The Morgan fingerprint density at radius 3 is 2.86 bits per heavy atom. The molecule has 2 fully saturated rings. The molecular weight excluding hydrogens is 286 g/mol. The lowest BCUT2D eigenvalue weighted by molar-refractivity contribution is 0.101. The van der Waals surface area contributed by atoms with Crippen LogP contribution in [0.15, 0.2) is 11.4 Å². The van der Waals surface area contributed by atoms with Crippen LogP contribution in [-0.4, -0.2) is 20.5 Å². The summed E-state index contributed by atoms with van der Waals surface area (Å²) in [5.74, 6) is 3.32. The van der Waals surface area contributed by atoms with E-state index in [1.807, 2.05) is 11.4 Å². The maximum atomic E-state index is 11.5. The molecule has 2 aliphatic rings. The summed E-state index contributed by atoms with van der Waals surface area (Å²) in [6.45, 7) is 1.95. The van der Waals surface area contributed by atoms with Gasteiger partial charge in [0.15, 0.2) is 11.6 Å². The van der Waals surface area contributed by atoms with Crippen LogP contribution < -0.4 is 4.74 Å². The van der Waals surface area contributed by atoms with Crippen LogP contribution in [0, 0.1) is 0 Å². The summed E-state index contributed by atoms with van der Waals surface area (Å²) in [5, 5.41) is 10.6. The fourth-order valence-corrected chi connectivity index (χ4v) is 3.33. The number of nitrogens with zero attached hydrogens (tertiary/aromatic N) is 3. The zero-order chi connectivity index (χ0) is 14.4. The van der Waals surface area contributed by atoms with Crippen molar-refractivity contribution in [1.29, 1.82) is 0 Å². The van der Waals surface area contributed by atoms with Crippen LogP contribution >= 0.6 is 11.3 Å². The van der Waals surface area contributed by atoms with E-state index in [1.165, 1.54) is 37.0 Å². The van der Waals surface area contributed by atoms with E-state index in [9.17, 15) is 4.79 Å². The number of hydrogen-bond acceptors (Lipinski definition) is 5. The number of thiophene rings is 1. The van der Waals surface area contributed by atoms with Crippen LogP contribution in [0.4, 0.5) is 0 Å². The molecule has 2 saturated carbocycles. The SMILES string of the molecule is CC(=O)c1sccc1OCc1nnc(C2CC2)n1C1CC1. The van der Waals surface area contributed by atoms with Gasteiger partial charge in [-0.2, -0.15) is 0 Å². The summed E-state index contributed by atoms with van der Waals surface area (Å²) in [6, 6.07) is 2.41. The van der Waals surface area contributed by atoms with Crippen molar-refractivity contribution in [2.75, 3.05) is 0 Å². The van der Waals surface area contributed by atoms with Gasteiger partial charge in [0.2, 0.25) is 0 Å².